The molecular formula is C24H21NO3. The summed E-state index contributed by atoms with van der Waals surface area (Å²) < 4.78 is 0. The number of Topliss-reactive ketones (excluding diaryl/α,β-unsaturated/α-hetero) is 1. The molecule has 1 atom stereocenters. The van der Waals surface area contributed by atoms with E-state index in [9.17, 15) is 14.7 Å². The number of carbonyl (C=O) groups is 2. The minimum atomic E-state index is -1.86. The average molecular weight is 371 g/mol. The zero-order chi connectivity index (χ0) is 19.7. The second-order valence-electron chi connectivity index (χ2n) is 7.22. The molecule has 1 aliphatic rings. The topological polar surface area (TPSA) is 57.6 Å². The maximum Gasteiger partial charge on any atom is 0.264 e. The van der Waals surface area contributed by atoms with Gasteiger partial charge in [0.2, 0.25) is 0 Å². The van der Waals surface area contributed by atoms with Crippen LogP contribution in [0.25, 0.3) is 0 Å². The lowest BCUT2D eigenvalue weighted by Crippen LogP contribution is -2.41. The Morgan fingerprint density at radius 3 is 2.29 bits per heavy atom. The number of ketones is 1. The van der Waals surface area contributed by atoms with Crippen LogP contribution in [0, 0.1) is 6.92 Å². The Morgan fingerprint density at radius 1 is 0.964 bits per heavy atom. The lowest BCUT2D eigenvalue weighted by molar-refractivity contribution is -0.136. The van der Waals surface area contributed by atoms with E-state index in [0.29, 0.717) is 23.4 Å². The number of aliphatic hydroxyl groups is 1. The summed E-state index contributed by atoms with van der Waals surface area (Å²) in [7, 11) is 0. The van der Waals surface area contributed by atoms with Crippen molar-refractivity contribution in [2.45, 2.75) is 25.5 Å². The molecule has 28 heavy (non-hydrogen) atoms. The van der Waals surface area contributed by atoms with Crippen LogP contribution in [0.3, 0.4) is 0 Å². The molecule has 4 nitrogen and oxygen atoms in total. The summed E-state index contributed by atoms with van der Waals surface area (Å²) >= 11 is 0. The van der Waals surface area contributed by atoms with Crippen LogP contribution in [-0.4, -0.2) is 16.8 Å². The minimum absolute atomic E-state index is 0.260. The first kappa shape index (κ1) is 18.1. The third-order valence-electron chi connectivity index (χ3n) is 5.18. The lowest BCUT2D eigenvalue weighted by Gasteiger charge is -2.23. The molecule has 0 unspecified atom stereocenters. The van der Waals surface area contributed by atoms with Gasteiger partial charge in [0, 0.05) is 11.1 Å². The van der Waals surface area contributed by atoms with E-state index in [0.717, 1.165) is 11.1 Å². The Bertz CT molecular complexity index is 1030. The first-order valence-electron chi connectivity index (χ1n) is 9.27. The molecular weight excluding hydrogens is 350 g/mol. The number of aryl methyl sites for hydroxylation is 1. The predicted molar refractivity (Wildman–Crippen MR) is 108 cm³/mol. The van der Waals surface area contributed by atoms with Crippen molar-refractivity contribution in [1.82, 2.24) is 0 Å². The Morgan fingerprint density at radius 2 is 1.61 bits per heavy atom. The van der Waals surface area contributed by atoms with E-state index in [4.69, 9.17) is 0 Å². The Kier molecular flexibility index (Phi) is 4.57. The molecule has 0 aliphatic carbocycles. The van der Waals surface area contributed by atoms with E-state index in [2.05, 4.69) is 0 Å². The smallest absolute Gasteiger partial charge is 0.264 e. The zero-order valence-corrected chi connectivity index (χ0v) is 15.6. The van der Waals surface area contributed by atoms with Crippen LogP contribution in [0.2, 0.25) is 0 Å². The molecule has 0 radical (unpaired) electrons. The van der Waals surface area contributed by atoms with Crippen LogP contribution in [0.5, 0.6) is 0 Å². The van der Waals surface area contributed by atoms with Crippen molar-refractivity contribution in [3.63, 3.8) is 0 Å². The standard InChI is InChI=1S/C24H21NO3/c1-17-12-13-20-21(14-17)25(16-18-8-4-2-5-9-18)23(27)24(20,28)15-22(26)19-10-6-3-7-11-19/h2-14,28H,15-16H2,1H3/t24-/m0/s1. The second-order valence-corrected chi connectivity index (χ2v) is 7.22. The minimum Gasteiger partial charge on any atom is -0.375 e. The molecule has 0 aromatic heterocycles. The highest BCUT2D eigenvalue weighted by atomic mass is 16.3. The van der Waals surface area contributed by atoms with Crippen molar-refractivity contribution in [3.8, 4) is 0 Å². The SMILES string of the molecule is Cc1ccc2c(c1)N(Cc1ccccc1)C(=O)[C@]2(O)CC(=O)c1ccccc1. The van der Waals surface area contributed by atoms with Crippen molar-refractivity contribution < 1.29 is 14.7 Å². The highest BCUT2D eigenvalue weighted by Gasteiger charge is 2.50. The number of benzene rings is 3. The Hall–Kier alpha value is -3.24. The number of amides is 1. The van der Waals surface area contributed by atoms with Crippen molar-refractivity contribution in [1.29, 1.82) is 0 Å². The number of rotatable bonds is 5. The summed E-state index contributed by atoms with van der Waals surface area (Å²) in [6.07, 6.45) is -0.281. The molecule has 0 bridgehead atoms. The van der Waals surface area contributed by atoms with Gasteiger partial charge in [0.1, 0.15) is 0 Å². The largest absolute Gasteiger partial charge is 0.375 e. The Labute approximate surface area is 164 Å². The Balaban J connectivity index is 1.72. The van der Waals surface area contributed by atoms with Gasteiger partial charge < -0.3 is 10.0 Å². The third kappa shape index (κ3) is 3.12. The van der Waals surface area contributed by atoms with Crippen molar-refractivity contribution in [3.05, 3.63) is 101 Å². The average Bonchev–Trinajstić information content (AvgIpc) is 2.90. The number of hydrogen-bond acceptors (Lipinski definition) is 3. The van der Waals surface area contributed by atoms with Crippen molar-refractivity contribution in [2.24, 2.45) is 0 Å². The molecule has 1 heterocycles. The van der Waals surface area contributed by atoms with Crippen molar-refractivity contribution in [2.75, 3.05) is 4.90 Å². The lowest BCUT2D eigenvalue weighted by atomic mass is 9.88. The van der Waals surface area contributed by atoms with Gasteiger partial charge in [-0.05, 0) is 24.1 Å². The molecule has 0 saturated heterocycles. The van der Waals surface area contributed by atoms with E-state index in [1.165, 1.54) is 0 Å². The molecule has 0 fully saturated rings. The maximum absolute atomic E-state index is 13.3. The quantitative estimate of drug-likeness (QED) is 0.690. The number of nitrogens with zero attached hydrogens (tertiary/aromatic N) is 1. The van der Waals surface area contributed by atoms with E-state index in [1.807, 2.05) is 55.5 Å². The zero-order valence-electron chi connectivity index (χ0n) is 15.6. The van der Waals surface area contributed by atoms with Gasteiger partial charge in [0.25, 0.3) is 5.91 Å². The fraction of sp³-hybridized carbons (Fsp3) is 0.167. The fourth-order valence-electron chi connectivity index (χ4n) is 3.71. The molecule has 4 heteroatoms. The summed E-state index contributed by atoms with van der Waals surface area (Å²) in [5, 5.41) is 11.4. The van der Waals surface area contributed by atoms with Crippen LogP contribution in [-0.2, 0) is 16.9 Å². The highest BCUT2D eigenvalue weighted by Crippen LogP contribution is 2.44. The second kappa shape index (κ2) is 7.06. The third-order valence-corrected chi connectivity index (χ3v) is 5.18. The number of hydrogen-bond donors (Lipinski definition) is 1. The van der Waals surface area contributed by atoms with Crippen LogP contribution in [0.15, 0.2) is 78.9 Å². The van der Waals surface area contributed by atoms with Gasteiger partial charge in [-0.1, -0.05) is 72.8 Å². The molecule has 4 rings (SSSR count). The first-order valence-corrected chi connectivity index (χ1v) is 9.27. The van der Waals surface area contributed by atoms with Gasteiger partial charge in [0.05, 0.1) is 18.7 Å². The molecule has 0 spiro atoms. The maximum atomic E-state index is 13.3. The monoisotopic (exact) mass is 371 g/mol. The fourth-order valence-corrected chi connectivity index (χ4v) is 3.71. The highest BCUT2D eigenvalue weighted by molar-refractivity contribution is 6.10. The summed E-state index contributed by atoms with van der Waals surface area (Å²) in [4.78, 5) is 27.6. The number of fused-ring (bicyclic) bond motifs is 1. The van der Waals surface area contributed by atoms with Crippen LogP contribution in [0.1, 0.15) is 33.5 Å². The van der Waals surface area contributed by atoms with Crippen LogP contribution in [0.4, 0.5) is 5.69 Å². The molecule has 3 aromatic rings. The van der Waals surface area contributed by atoms with Crippen LogP contribution < -0.4 is 4.90 Å². The van der Waals surface area contributed by atoms with Gasteiger partial charge in [-0.15, -0.1) is 0 Å². The molecule has 1 amide bonds. The predicted octanol–water partition coefficient (Wildman–Crippen LogP) is 4.00. The van der Waals surface area contributed by atoms with Gasteiger partial charge in [-0.2, -0.15) is 0 Å². The van der Waals surface area contributed by atoms with E-state index in [1.54, 1.807) is 35.2 Å². The first-order chi connectivity index (χ1) is 13.5. The number of carbonyl (C=O) groups excluding carboxylic acids is 2. The molecule has 1 aliphatic heterocycles. The normalized spacial score (nSPS) is 18.2. The summed E-state index contributed by atoms with van der Waals surface area (Å²) in [6, 6.07) is 23.9. The van der Waals surface area contributed by atoms with Gasteiger partial charge in [-0.3, -0.25) is 9.59 Å². The van der Waals surface area contributed by atoms with Gasteiger partial charge in [0.15, 0.2) is 11.4 Å². The van der Waals surface area contributed by atoms with E-state index in [-0.39, 0.29) is 12.2 Å². The summed E-state index contributed by atoms with van der Waals surface area (Å²) in [5.41, 5.74) is 1.73. The molecule has 140 valence electrons. The van der Waals surface area contributed by atoms with E-state index < -0.39 is 11.5 Å². The summed E-state index contributed by atoms with van der Waals surface area (Å²) in [5.74, 6) is -0.717. The van der Waals surface area contributed by atoms with E-state index >= 15 is 0 Å². The van der Waals surface area contributed by atoms with Gasteiger partial charge in [-0.25, -0.2) is 0 Å². The molecule has 1 N–H and O–H groups in total. The summed E-state index contributed by atoms with van der Waals surface area (Å²) in [6.45, 7) is 2.29. The molecule has 3 aromatic carbocycles. The molecule has 0 saturated carbocycles. The van der Waals surface area contributed by atoms with Crippen molar-refractivity contribution >= 4 is 17.4 Å². The number of anilines is 1. The van der Waals surface area contributed by atoms with Gasteiger partial charge >= 0.3 is 0 Å². The van der Waals surface area contributed by atoms with Crippen LogP contribution >= 0.6 is 0 Å².